The quantitative estimate of drug-likeness (QED) is 0.851. The SMILES string of the molecule is NC1CN(Cc2cc(C(F)(F)F)cc(C(F)(F)F)c2)C1. The number of benzene rings is 1. The molecule has 0 radical (unpaired) electrons. The molecule has 0 unspecified atom stereocenters. The van der Waals surface area contributed by atoms with Crippen LogP contribution in [0.15, 0.2) is 18.2 Å². The van der Waals surface area contributed by atoms with Gasteiger partial charge in [-0.15, -0.1) is 0 Å². The maximum Gasteiger partial charge on any atom is 0.416 e. The average molecular weight is 298 g/mol. The first-order valence-corrected chi connectivity index (χ1v) is 5.82. The largest absolute Gasteiger partial charge is 0.416 e. The Balaban J connectivity index is 2.31. The Morgan fingerprint density at radius 3 is 1.75 bits per heavy atom. The van der Waals surface area contributed by atoms with Crippen molar-refractivity contribution in [2.24, 2.45) is 5.73 Å². The molecule has 0 amide bonds. The van der Waals surface area contributed by atoms with Crippen LogP contribution in [0.4, 0.5) is 26.3 Å². The summed E-state index contributed by atoms with van der Waals surface area (Å²) in [5.74, 6) is 0. The number of alkyl halides is 6. The summed E-state index contributed by atoms with van der Waals surface area (Å²) in [5, 5.41) is 0. The zero-order valence-corrected chi connectivity index (χ0v) is 10.2. The van der Waals surface area contributed by atoms with E-state index in [-0.39, 0.29) is 24.2 Å². The Morgan fingerprint density at radius 2 is 1.40 bits per heavy atom. The summed E-state index contributed by atoms with van der Waals surface area (Å²) in [5.41, 5.74) is 2.93. The van der Waals surface area contributed by atoms with E-state index in [4.69, 9.17) is 5.73 Å². The maximum atomic E-state index is 12.6. The fraction of sp³-hybridized carbons (Fsp3) is 0.500. The van der Waals surface area contributed by atoms with Gasteiger partial charge in [0.1, 0.15) is 0 Å². The third-order valence-corrected chi connectivity index (χ3v) is 3.04. The van der Waals surface area contributed by atoms with Gasteiger partial charge in [-0.05, 0) is 23.8 Å². The number of rotatable bonds is 2. The molecule has 1 fully saturated rings. The van der Waals surface area contributed by atoms with Crippen LogP contribution >= 0.6 is 0 Å². The molecule has 0 spiro atoms. The van der Waals surface area contributed by atoms with Crippen LogP contribution in [0, 0.1) is 0 Å². The average Bonchev–Trinajstić information content (AvgIpc) is 2.24. The first-order chi connectivity index (χ1) is 9.05. The van der Waals surface area contributed by atoms with Gasteiger partial charge in [-0.25, -0.2) is 0 Å². The molecule has 0 aliphatic carbocycles. The number of nitrogens with two attached hydrogens (primary N) is 1. The van der Waals surface area contributed by atoms with Gasteiger partial charge >= 0.3 is 12.4 Å². The molecule has 1 heterocycles. The van der Waals surface area contributed by atoms with Crippen LogP contribution < -0.4 is 5.73 Å². The van der Waals surface area contributed by atoms with E-state index in [0.29, 0.717) is 13.1 Å². The molecular weight excluding hydrogens is 286 g/mol. The minimum atomic E-state index is -4.80. The monoisotopic (exact) mass is 298 g/mol. The Labute approximate surface area is 111 Å². The Bertz CT molecular complexity index is 455. The summed E-state index contributed by atoms with van der Waals surface area (Å²) in [7, 11) is 0. The highest BCUT2D eigenvalue weighted by Gasteiger charge is 2.37. The topological polar surface area (TPSA) is 29.3 Å². The van der Waals surface area contributed by atoms with E-state index in [2.05, 4.69) is 0 Å². The number of likely N-dealkylation sites (tertiary alicyclic amines) is 1. The first-order valence-electron chi connectivity index (χ1n) is 5.82. The predicted molar refractivity (Wildman–Crippen MR) is 59.7 cm³/mol. The summed E-state index contributed by atoms with van der Waals surface area (Å²) in [4.78, 5) is 1.69. The van der Waals surface area contributed by atoms with Crippen LogP contribution in [-0.2, 0) is 18.9 Å². The molecule has 112 valence electrons. The molecule has 1 aromatic rings. The molecule has 0 saturated carbocycles. The van der Waals surface area contributed by atoms with E-state index in [9.17, 15) is 26.3 Å². The van der Waals surface area contributed by atoms with Crippen molar-refractivity contribution in [1.29, 1.82) is 0 Å². The smallest absolute Gasteiger partial charge is 0.325 e. The van der Waals surface area contributed by atoms with E-state index in [1.54, 1.807) is 4.90 Å². The highest BCUT2D eigenvalue weighted by molar-refractivity contribution is 5.33. The van der Waals surface area contributed by atoms with Crippen molar-refractivity contribution in [3.63, 3.8) is 0 Å². The van der Waals surface area contributed by atoms with Crippen molar-refractivity contribution >= 4 is 0 Å². The molecule has 0 bridgehead atoms. The van der Waals surface area contributed by atoms with Crippen LogP contribution in [0.2, 0.25) is 0 Å². The summed E-state index contributed by atoms with van der Waals surface area (Å²) in [6.07, 6.45) is -9.61. The number of hydrogen-bond donors (Lipinski definition) is 1. The number of hydrogen-bond acceptors (Lipinski definition) is 2. The molecule has 8 heteroatoms. The van der Waals surface area contributed by atoms with Gasteiger partial charge in [-0.2, -0.15) is 26.3 Å². The van der Waals surface area contributed by atoms with Crippen molar-refractivity contribution in [2.75, 3.05) is 13.1 Å². The minimum Gasteiger partial charge on any atom is -0.325 e. The molecule has 1 aromatic carbocycles. The minimum absolute atomic E-state index is 0.0148. The Hall–Kier alpha value is -1.28. The molecule has 1 aliphatic heterocycles. The van der Waals surface area contributed by atoms with Gasteiger partial charge in [-0.1, -0.05) is 0 Å². The summed E-state index contributed by atoms with van der Waals surface area (Å²) in [6.45, 7) is 0.968. The zero-order chi connectivity index (χ0) is 15.1. The fourth-order valence-electron chi connectivity index (χ4n) is 2.11. The molecule has 2 nitrogen and oxygen atoms in total. The molecule has 2 N–H and O–H groups in total. The van der Waals surface area contributed by atoms with E-state index in [1.165, 1.54) is 0 Å². The van der Waals surface area contributed by atoms with Gasteiger partial charge in [0, 0.05) is 25.7 Å². The molecular formula is C12H12F6N2. The molecule has 0 atom stereocenters. The van der Waals surface area contributed by atoms with Crippen molar-refractivity contribution in [3.8, 4) is 0 Å². The number of nitrogens with zero attached hydrogens (tertiary/aromatic N) is 1. The molecule has 1 saturated heterocycles. The lowest BCUT2D eigenvalue weighted by atomic mass is 10.0. The van der Waals surface area contributed by atoms with Crippen LogP contribution in [0.25, 0.3) is 0 Å². The predicted octanol–water partition coefficient (Wildman–Crippen LogP) is 2.87. The second kappa shape index (κ2) is 4.92. The van der Waals surface area contributed by atoms with Crippen LogP contribution in [0.1, 0.15) is 16.7 Å². The highest BCUT2D eigenvalue weighted by atomic mass is 19.4. The van der Waals surface area contributed by atoms with Crippen molar-refractivity contribution < 1.29 is 26.3 Å². The Morgan fingerprint density at radius 1 is 0.950 bits per heavy atom. The summed E-state index contributed by atoms with van der Waals surface area (Å²) in [6, 6.07) is 1.56. The van der Waals surface area contributed by atoms with Crippen molar-refractivity contribution in [2.45, 2.75) is 24.9 Å². The second-order valence-electron chi connectivity index (χ2n) is 4.87. The highest BCUT2D eigenvalue weighted by Crippen LogP contribution is 2.36. The van der Waals surface area contributed by atoms with Crippen molar-refractivity contribution in [3.05, 3.63) is 34.9 Å². The second-order valence-corrected chi connectivity index (χ2v) is 4.87. The van der Waals surface area contributed by atoms with E-state index >= 15 is 0 Å². The third-order valence-electron chi connectivity index (χ3n) is 3.04. The van der Waals surface area contributed by atoms with Gasteiger partial charge in [0.25, 0.3) is 0 Å². The van der Waals surface area contributed by atoms with Gasteiger partial charge in [0.2, 0.25) is 0 Å². The molecule has 1 aliphatic rings. The van der Waals surface area contributed by atoms with Gasteiger partial charge in [0.05, 0.1) is 11.1 Å². The lowest BCUT2D eigenvalue weighted by molar-refractivity contribution is -0.143. The first kappa shape index (κ1) is 15.1. The van der Waals surface area contributed by atoms with Crippen molar-refractivity contribution in [1.82, 2.24) is 4.90 Å². The normalized spacial score (nSPS) is 18.1. The van der Waals surface area contributed by atoms with E-state index in [0.717, 1.165) is 12.1 Å². The van der Waals surface area contributed by atoms with Crippen LogP contribution in [0.5, 0.6) is 0 Å². The lowest BCUT2D eigenvalue weighted by Gasteiger charge is -2.37. The summed E-state index contributed by atoms with van der Waals surface area (Å²) >= 11 is 0. The maximum absolute atomic E-state index is 12.6. The van der Waals surface area contributed by atoms with Gasteiger partial charge < -0.3 is 5.73 Å². The third kappa shape index (κ3) is 3.43. The summed E-state index contributed by atoms with van der Waals surface area (Å²) < 4.78 is 75.8. The molecule has 0 aromatic heterocycles. The van der Waals surface area contributed by atoms with E-state index < -0.39 is 23.5 Å². The van der Waals surface area contributed by atoms with Crippen LogP contribution in [-0.4, -0.2) is 24.0 Å². The van der Waals surface area contributed by atoms with E-state index in [1.807, 2.05) is 0 Å². The zero-order valence-electron chi connectivity index (χ0n) is 10.2. The fourth-order valence-corrected chi connectivity index (χ4v) is 2.11. The molecule has 20 heavy (non-hydrogen) atoms. The lowest BCUT2D eigenvalue weighted by Crippen LogP contribution is -2.54. The Kier molecular flexibility index (Phi) is 3.72. The van der Waals surface area contributed by atoms with Crippen LogP contribution in [0.3, 0.4) is 0 Å². The number of halogens is 6. The standard InChI is InChI=1S/C12H12F6N2/c13-11(14,15)8-1-7(4-20-5-10(19)6-20)2-9(3-8)12(16,17)18/h1-3,10H,4-6,19H2. The molecule has 2 rings (SSSR count). The van der Waals surface area contributed by atoms with Gasteiger partial charge in [-0.3, -0.25) is 4.90 Å². The van der Waals surface area contributed by atoms with Gasteiger partial charge in [0.15, 0.2) is 0 Å².